The monoisotopic (exact) mass is 244 g/mol. The van der Waals surface area contributed by atoms with Gasteiger partial charge < -0.3 is 20.0 Å². The minimum atomic E-state index is -0.813. The largest absolute Gasteiger partial charge is 0.481 e. The number of amides is 2. The molecule has 0 radical (unpaired) electrons. The lowest BCUT2D eigenvalue weighted by molar-refractivity contribution is -0.138. The summed E-state index contributed by atoms with van der Waals surface area (Å²) in [4.78, 5) is 25.8. The Morgan fingerprint density at radius 1 is 1.47 bits per heavy atom. The summed E-state index contributed by atoms with van der Waals surface area (Å²) in [7, 11) is 0. The zero-order valence-corrected chi connectivity index (χ0v) is 10.1. The van der Waals surface area contributed by atoms with E-state index in [1.807, 2.05) is 6.92 Å². The molecule has 0 saturated carbocycles. The number of carbonyl (C=O) groups excluding carboxylic acids is 1. The van der Waals surface area contributed by atoms with Crippen LogP contribution in [0.1, 0.15) is 19.8 Å². The van der Waals surface area contributed by atoms with E-state index in [1.165, 1.54) is 0 Å². The van der Waals surface area contributed by atoms with Crippen molar-refractivity contribution in [1.82, 2.24) is 9.80 Å². The number of carboxylic acid groups (broad SMARTS) is 1. The number of aliphatic hydroxyl groups excluding tert-OH is 1. The van der Waals surface area contributed by atoms with Crippen LogP contribution in [0.4, 0.5) is 4.79 Å². The Balaban J connectivity index is 2.46. The van der Waals surface area contributed by atoms with Crippen LogP contribution in [0.2, 0.25) is 0 Å². The van der Waals surface area contributed by atoms with Crippen molar-refractivity contribution in [2.45, 2.75) is 19.8 Å². The fourth-order valence-electron chi connectivity index (χ4n) is 2.13. The van der Waals surface area contributed by atoms with E-state index in [0.717, 1.165) is 6.42 Å². The molecule has 1 atom stereocenters. The van der Waals surface area contributed by atoms with E-state index in [1.54, 1.807) is 9.80 Å². The molecule has 1 heterocycles. The number of hydrogen-bond donors (Lipinski definition) is 2. The average molecular weight is 244 g/mol. The summed E-state index contributed by atoms with van der Waals surface area (Å²) in [5, 5.41) is 17.5. The van der Waals surface area contributed by atoms with Crippen molar-refractivity contribution in [2.75, 3.05) is 32.8 Å². The Bertz CT molecular complexity index is 283. The third kappa shape index (κ3) is 3.89. The lowest BCUT2D eigenvalue weighted by Crippen LogP contribution is -2.43. The molecular formula is C11H20N2O4. The number of carbonyl (C=O) groups is 2. The molecule has 0 aliphatic carbocycles. The molecule has 1 saturated heterocycles. The first kappa shape index (κ1) is 13.8. The van der Waals surface area contributed by atoms with Crippen LogP contribution >= 0.6 is 0 Å². The third-order valence-electron chi connectivity index (χ3n) is 3.04. The molecule has 1 rings (SSSR count). The van der Waals surface area contributed by atoms with Gasteiger partial charge in [-0.2, -0.15) is 0 Å². The lowest BCUT2D eigenvalue weighted by atomic mass is 10.1. The van der Waals surface area contributed by atoms with Gasteiger partial charge in [0.05, 0.1) is 6.61 Å². The Morgan fingerprint density at radius 3 is 2.71 bits per heavy atom. The smallest absolute Gasteiger partial charge is 0.320 e. The van der Waals surface area contributed by atoms with Crippen molar-refractivity contribution in [1.29, 1.82) is 0 Å². The minimum Gasteiger partial charge on any atom is -0.481 e. The third-order valence-corrected chi connectivity index (χ3v) is 3.04. The predicted molar refractivity (Wildman–Crippen MR) is 61.7 cm³/mol. The first-order chi connectivity index (χ1) is 8.08. The lowest BCUT2D eigenvalue weighted by Gasteiger charge is -2.26. The van der Waals surface area contributed by atoms with E-state index < -0.39 is 5.97 Å². The normalized spacial score (nSPS) is 19.4. The van der Waals surface area contributed by atoms with Crippen LogP contribution in [0, 0.1) is 5.92 Å². The van der Waals surface area contributed by atoms with Crippen LogP contribution in [-0.2, 0) is 4.79 Å². The second-order valence-corrected chi connectivity index (χ2v) is 4.28. The molecule has 1 unspecified atom stereocenters. The van der Waals surface area contributed by atoms with Crippen LogP contribution < -0.4 is 0 Å². The quantitative estimate of drug-likeness (QED) is 0.724. The van der Waals surface area contributed by atoms with E-state index in [9.17, 15) is 9.59 Å². The van der Waals surface area contributed by atoms with Crippen molar-refractivity contribution < 1.29 is 19.8 Å². The molecule has 0 aromatic heterocycles. The molecule has 17 heavy (non-hydrogen) atoms. The van der Waals surface area contributed by atoms with Gasteiger partial charge in [0, 0.05) is 32.6 Å². The van der Waals surface area contributed by atoms with Crippen LogP contribution in [0.5, 0.6) is 0 Å². The molecule has 1 aliphatic rings. The Labute approximate surface area is 101 Å². The minimum absolute atomic E-state index is 0.0496. The predicted octanol–water partition coefficient (Wildman–Crippen LogP) is 0.217. The molecule has 2 amide bonds. The number of aliphatic carboxylic acids is 1. The molecule has 1 fully saturated rings. The van der Waals surface area contributed by atoms with Gasteiger partial charge in [0.1, 0.15) is 0 Å². The second kappa shape index (κ2) is 6.44. The highest BCUT2D eigenvalue weighted by Gasteiger charge is 2.29. The van der Waals surface area contributed by atoms with E-state index in [0.29, 0.717) is 26.2 Å². The molecule has 2 N–H and O–H groups in total. The van der Waals surface area contributed by atoms with Gasteiger partial charge in [0.25, 0.3) is 0 Å². The summed E-state index contributed by atoms with van der Waals surface area (Å²) in [5.41, 5.74) is 0. The number of aliphatic hydroxyl groups is 1. The highest BCUT2D eigenvalue weighted by Crippen LogP contribution is 2.20. The SMILES string of the molecule is CCN(CCO)C(=O)N1CCC(CC(=O)O)C1. The van der Waals surface area contributed by atoms with Gasteiger partial charge in [-0.3, -0.25) is 4.79 Å². The van der Waals surface area contributed by atoms with E-state index >= 15 is 0 Å². The molecule has 0 aromatic carbocycles. The maximum absolute atomic E-state index is 12.0. The standard InChI is InChI=1S/C11H20N2O4/c1-2-12(5-6-14)11(17)13-4-3-9(8-13)7-10(15)16/h9,14H,2-8H2,1H3,(H,15,16). The Hall–Kier alpha value is -1.30. The first-order valence-electron chi connectivity index (χ1n) is 5.95. The summed E-state index contributed by atoms with van der Waals surface area (Å²) in [6, 6.07) is -0.102. The molecule has 0 aromatic rings. The molecular weight excluding hydrogens is 224 g/mol. The molecule has 1 aliphatic heterocycles. The highest BCUT2D eigenvalue weighted by molar-refractivity contribution is 5.75. The van der Waals surface area contributed by atoms with Gasteiger partial charge in [-0.15, -0.1) is 0 Å². The van der Waals surface area contributed by atoms with E-state index in [-0.39, 0.29) is 25.0 Å². The molecule has 0 bridgehead atoms. The number of urea groups is 1. The van der Waals surface area contributed by atoms with Gasteiger partial charge >= 0.3 is 12.0 Å². The zero-order chi connectivity index (χ0) is 12.8. The number of likely N-dealkylation sites (N-methyl/N-ethyl adjacent to an activating group) is 1. The van der Waals surface area contributed by atoms with Crippen LogP contribution in [0.3, 0.4) is 0 Å². The van der Waals surface area contributed by atoms with Gasteiger partial charge in [0.2, 0.25) is 0 Å². The van der Waals surface area contributed by atoms with E-state index in [4.69, 9.17) is 10.2 Å². The van der Waals surface area contributed by atoms with Crippen LogP contribution in [0.15, 0.2) is 0 Å². The first-order valence-corrected chi connectivity index (χ1v) is 5.95. The second-order valence-electron chi connectivity index (χ2n) is 4.28. The van der Waals surface area contributed by atoms with Crippen molar-refractivity contribution in [3.8, 4) is 0 Å². The summed E-state index contributed by atoms with van der Waals surface area (Å²) in [5.74, 6) is -0.753. The topological polar surface area (TPSA) is 81.1 Å². The van der Waals surface area contributed by atoms with Gasteiger partial charge in [-0.25, -0.2) is 4.79 Å². The Kier molecular flexibility index (Phi) is 5.21. The van der Waals surface area contributed by atoms with Gasteiger partial charge in [-0.1, -0.05) is 0 Å². The summed E-state index contributed by atoms with van der Waals surface area (Å²) in [6.07, 6.45) is 0.866. The summed E-state index contributed by atoms with van der Waals surface area (Å²) < 4.78 is 0. The van der Waals surface area contributed by atoms with E-state index in [2.05, 4.69) is 0 Å². The van der Waals surface area contributed by atoms with Gasteiger partial charge in [-0.05, 0) is 19.3 Å². The number of hydrogen-bond acceptors (Lipinski definition) is 3. The van der Waals surface area contributed by atoms with Crippen molar-refractivity contribution in [3.05, 3.63) is 0 Å². The molecule has 98 valence electrons. The number of likely N-dealkylation sites (tertiary alicyclic amines) is 1. The van der Waals surface area contributed by atoms with Crippen molar-refractivity contribution >= 4 is 12.0 Å². The van der Waals surface area contributed by atoms with Gasteiger partial charge in [0.15, 0.2) is 0 Å². The Morgan fingerprint density at radius 2 is 2.18 bits per heavy atom. The summed E-state index contributed by atoms with van der Waals surface area (Å²) >= 11 is 0. The molecule has 6 nitrogen and oxygen atoms in total. The number of carboxylic acids is 1. The summed E-state index contributed by atoms with van der Waals surface area (Å²) in [6.45, 7) is 3.81. The van der Waals surface area contributed by atoms with Crippen molar-refractivity contribution in [3.63, 3.8) is 0 Å². The fourth-order valence-corrected chi connectivity index (χ4v) is 2.13. The van der Waals surface area contributed by atoms with Crippen LogP contribution in [-0.4, -0.2) is 64.8 Å². The average Bonchev–Trinajstić information content (AvgIpc) is 2.72. The number of rotatable bonds is 5. The molecule has 0 spiro atoms. The zero-order valence-electron chi connectivity index (χ0n) is 10.1. The molecule has 6 heteroatoms. The fraction of sp³-hybridized carbons (Fsp3) is 0.818. The highest BCUT2D eigenvalue weighted by atomic mass is 16.4. The maximum atomic E-state index is 12.0. The maximum Gasteiger partial charge on any atom is 0.320 e. The van der Waals surface area contributed by atoms with Crippen LogP contribution in [0.25, 0.3) is 0 Å². The van der Waals surface area contributed by atoms with Crippen molar-refractivity contribution in [2.24, 2.45) is 5.92 Å². The number of nitrogens with zero attached hydrogens (tertiary/aromatic N) is 2.